The van der Waals surface area contributed by atoms with E-state index in [9.17, 15) is 8.42 Å². The van der Waals surface area contributed by atoms with Crippen molar-refractivity contribution in [2.75, 3.05) is 0 Å². The molecule has 0 saturated heterocycles. The van der Waals surface area contributed by atoms with E-state index in [0.717, 1.165) is 5.56 Å². The SMILES string of the molecule is O=S(=O)(/C(=C/c1ccccc1)N=C(Cl)c1ccccc1)c1ccccc1. The molecule has 0 heterocycles. The number of benzene rings is 3. The molecule has 0 aliphatic carbocycles. The Kier molecular flexibility index (Phi) is 5.66. The van der Waals surface area contributed by atoms with Gasteiger partial charge in [-0.3, -0.25) is 0 Å². The standard InChI is InChI=1S/C21H16ClNO2S/c22-21(18-12-6-2-7-13-18)23-20(16-17-10-4-1-5-11-17)26(24,25)19-14-8-3-9-15-19/h1-16H/b20-16+,23-21?. The lowest BCUT2D eigenvalue weighted by Crippen LogP contribution is -2.05. The van der Waals surface area contributed by atoms with E-state index < -0.39 is 9.84 Å². The molecule has 0 atom stereocenters. The zero-order valence-corrected chi connectivity index (χ0v) is 15.4. The molecule has 0 spiro atoms. The second kappa shape index (κ2) is 8.13. The third-order valence-corrected chi connectivity index (χ3v) is 5.59. The van der Waals surface area contributed by atoms with E-state index in [2.05, 4.69) is 4.99 Å². The lowest BCUT2D eigenvalue weighted by Gasteiger charge is -2.07. The van der Waals surface area contributed by atoms with Crippen LogP contribution in [0.25, 0.3) is 6.08 Å². The van der Waals surface area contributed by atoms with Crippen LogP contribution < -0.4 is 0 Å². The Labute approximate surface area is 158 Å². The first-order valence-corrected chi connectivity index (χ1v) is 9.80. The van der Waals surface area contributed by atoms with Gasteiger partial charge in [0.1, 0.15) is 5.17 Å². The van der Waals surface area contributed by atoms with E-state index >= 15 is 0 Å². The predicted octanol–water partition coefficient (Wildman–Crippen LogP) is 5.14. The molecule has 0 fully saturated rings. The average Bonchev–Trinajstić information content (AvgIpc) is 2.69. The van der Waals surface area contributed by atoms with E-state index in [4.69, 9.17) is 11.6 Å². The maximum absolute atomic E-state index is 13.1. The Morgan fingerprint density at radius 1 is 0.769 bits per heavy atom. The van der Waals surface area contributed by atoms with Crippen molar-refractivity contribution in [2.24, 2.45) is 4.99 Å². The van der Waals surface area contributed by atoms with Crippen molar-refractivity contribution in [1.29, 1.82) is 0 Å². The zero-order chi connectivity index (χ0) is 18.4. The van der Waals surface area contributed by atoms with Gasteiger partial charge in [-0.05, 0) is 23.8 Å². The van der Waals surface area contributed by atoms with E-state index in [1.807, 2.05) is 48.5 Å². The van der Waals surface area contributed by atoms with Crippen molar-refractivity contribution in [2.45, 2.75) is 4.90 Å². The van der Waals surface area contributed by atoms with Crippen LogP contribution >= 0.6 is 11.6 Å². The minimum absolute atomic E-state index is 0.108. The van der Waals surface area contributed by atoms with Gasteiger partial charge in [-0.15, -0.1) is 0 Å². The highest BCUT2D eigenvalue weighted by atomic mass is 35.5. The Bertz CT molecular complexity index is 1030. The van der Waals surface area contributed by atoms with Gasteiger partial charge in [-0.25, -0.2) is 13.4 Å². The first-order valence-electron chi connectivity index (χ1n) is 7.94. The van der Waals surface area contributed by atoms with Gasteiger partial charge < -0.3 is 0 Å². The summed E-state index contributed by atoms with van der Waals surface area (Å²) in [7, 11) is -3.81. The lowest BCUT2D eigenvalue weighted by molar-refractivity contribution is 0.602. The minimum atomic E-state index is -3.81. The number of nitrogens with zero attached hydrogens (tertiary/aromatic N) is 1. The fourth-order valence-corrected chi connectivity index (χ4v) is 3.85. The summed E-state index contributed by atoms with van der Waals surface area (Å²) >= 11 is 6.31. The highest BCUT2D eigenvalue weighted by Crippen LogP contribution is 2.24. The van der Waals surface area contributed by atoms with Crippen LogP contribution in [0.5, 0.6) is 0 Å². The summed E-state index contributed by atoms with van der Waals surface area (Å²) in [5.74, 6) is 0. The third-order valence-electron chi connectivity index (χ3n) is 3.64. The second-order valence-electron chi connectivity index (χ2n) is 5.48. The molecule has 0 aliphatic heterocycles. The molecular formula is C21H16ClNO2S. The number of hydrogen-bond donors (Lipinski definition) is 0. The van der Waals surface area contributed by atoms with Crippen LogP contribution in [0.1, 0.15) is 11.1 Å². The molecule has 3 aromatic rings. The van der Waals surface area contributed by atoms with Crippen LogP contribution in [0, 0.1) is 0 Å². The Morgan fingerprint density at radius 3 is 1.85 bits per heavy atom. The Morgan fingerprint density at radius 2 is 1.27 bits per heavy atom. The van der Waals surface area contributed by atoms with Crippen molar-refractivity contribution in [3.05, 3.63) is 107 Å². The molecule has 26 heavy (non-hydrogen) atoms. The summed E-state index contributed by atoms with van der Waals surface area (Å²) in [5, 5.41) is 0.0102. The van der Waals surface area contributed by atoms with Crippen molar-refractivity contribution >= 4 is 32.7 Å². The van der Waals surface area contributed by atoms with Crippen molar-refractivity contribution < 1.29 is 8.42 Å². The summed E-state index contributed by atoms with van der Waals surface area (Å²) in [6, 6.07) is 26.4. The molecule has 0 radical (unpaired) electrons. The number of aliphatic imine (C=N–C) groups is 1. The molecule has 0 saturated carbocycles. The van der Waals surface area contributed by atoms with Crippen LogP contribution in [-0.2, 0) is 9.84 Å². The largest absolute Gasteiger partial charge is 0.223 e. The van der Waals surface area contributed by atoms with Gasteiger partial charge in [-0.1, -0.05) is 90.5 Å². The number of sulfone groups is 1. The first kappa shape index (κ1) is 18.1. The normalized spacial score (nSPS) is 12.8. The fourth-order valence-electron chi connectivity index (χ4n) is 2.32. The summed E-state index contributed by atoms with van der Waals surface area (Å²) in [6.07, 6.45) is 1.52. The quantitative estimate of drug-likeness (QED) is 0.574. The van der Waals surface area contributed by atoms with Crippen LogP contribution in [0.15, 0.2) is 106 Å². The molecule has 0 N–H and O–H groups in total. The monoisotopic (exact) mass is 381 g/mol. The number of hydrogen-bond acceptors (Lipinski definition) is 3. The smallest absolute Gasteiger partial charge is 0.223 e. The molecule has 3 aromatic carbocycles. The van der Waals surface area contributed by atoms with E-state index in [1.54, 1.807) is 42.5 Å². The van der Waals surface area contributed by atoms with Crippen molar-refractivity contribution in [1.82, 2.24) is 0 Å². The Hall–Kier alpha value is -2.69. The zero-order valence-electron chi connectivity index (χ0n) is 13.8. The highest BCUT2D eigenvalue weighted by molar-refractivity contribution is 7.95. The van der Waals surface area contributed by atoms with Crippen molar-refractivity contribution in [3.63, 3.8) is 0 Å². The molecule has 0 aliphatic rings. The summed E-state index contributed by atoms with van der Waals surface area (Å²) in [4.78, 5) is 4.42. The maximum Gasteiger partial charge on any atom is 0.223 e. The van der Waals surface area contributed by atoms with E-state index in [-0.39, 0.29) is 15.1 Å². The molecule has 0 unspecified atom stereocenters. The van der Waals surface area contributed by atoms with Gasteiger partial charge in [0.15, 0.2) is 5.03 Å². The Balaban J connectivity index is 2.13. The predicted molar refractivity (Wildman–Crippen MR) is 107 cm³/mol. The maximum atomic E-state index is 13.1. The van der Waals surface area contributed by atoms with Gasteiger partial charge in [0, 0.05) is 5.56 Å². The van der Waals surface area contributed by atoms with Gasteiger partial charge in [0.05, 0.1) is 4.90 Å². The summed E-state index contributed by atoms with van der Waals surface area (Å²) < 4.78 is 26.1. The van der Waals surface area contributed by atoms with E-state index in [1.165, 1.54) is 6.08 Å². The third kappa shape index (κ3) is 4.28. The lowest BCUT2D eigenvalue weighted by atomic mass is 10.2. The second-order valence-corrected chi connectivity index (χ2v) is 7.73. The number of halogens is 1. The van der Waals surface area contributed by atoms with Crippen molar-refractivity contribution in [3.8, 4) is 0 Å². The topological polar surface area (TPSA) is 46.5 Å². The minimum Gasteiger partial charge on any atom is -0.223 e. The van der Waals surface area contributed by atoms with Gasteiger partial charge in [0.2, 0.25) is 9.84 Å². The summed E-state index contributed by atoms with van der Waals surface area (Å²) in [6.45, 7) is 0. The number of rotatable bonds is 5. The molecule has 0 amide bonds. The summed E-state index contributed by atoms with van der Waals surface area (Å²) in [5.41, 5.74) is 1.37. The molecule has 5 heteroatoms. The molecule has 0 aromatic heterocycles. The van der Waals surface area contributed by atoms with Gasteiger partial charge >= 0.3 is 0 Å². The average molecular weight is 382 g/mol. The molecule has 3 nitrogen and oxygen atoms in total. The molecule has 130 valence electrons. The van der Waals surface area contributed by atoms with Crippen LogP contribution in [-0.4, -0.2) is 13.6 Å². The van der Waals surface area contributed by atoms with Gasteiger partial charge in [0.25, 0.3) is 0 Å². The van der Waals surface area contributed by atoms with Crippen LogP contribution in [0.2, 0.25) is 0 Å². The molecule has 0 bridgehead atoms. The van der Waals surface area contributed by atoms with E-state index in [0.29, 0.717) is 5.56 Å². The molecular weight excluding hydrogens is 366 g/mol. The van der Waals surface area contributed by atoms with Crippen LogP contribution in [0.4, 0.5) is 0 Å². The first-order chi connectivity index (χ1) is 12.6. The van der Waals surface area contributed by atoms with Gasteiger partial charge in [-0.2, -0.15) is 0 Å². The fraction of sp³-hybridized carbons (Fsp3) is 0. The molecule has 3 rings (SSSR count). The highest BCUT2D eigenvalue weighted by Gasteiger charge is 2.21. The van der Waals surface area contributed by atoms with Crippen LogP contribution in [0.3, 0.4) is 0 Å².